The number of nitrogens with two attached hydrogens (primary N) is 1. The monoisotopic (exact) mass is 199 g/mol. The molecule has 1 aliphatic rings. The molecule has 0 aromatic heterocycles. The molecule has 1 heterocycles. The van der Waals surface area contributed by atoms with E-state index in [-0.39, 0.29) is 12.5 Å². The molecule has 0 aromatic carbocycles. The Hall–Kier alpha value is -0.385. The van der Waals surface area contributed by atoms with E-state index in [1.165, 1.54) is 11.6 Å². The highest BCUT2D eigenvalue weighted by Gasteiger charge is 2.33. The van der Waals surface area contributed by atoms with E-state index in [0.717, 1.165) is 0 Å². The molecule has 1 saturated heterocycles. The minimum absolute atomic E-state index is 0.0810. The summed E-state index contributed by atoms with van der Waals surface area (Å²) in [7, 11) is -0.379. The van der Waals surface area contributed by atoms with Crippen LogP contribution < -0.4 is 5.73 Å². The average molecular weight is 199 g/mol. The van der Waals surface area contributed by atoms with E-state index in [9.17, 15) is 0 Å². The summed E-state index contributed by atoms with van der Waals surface area (Å²) >= 11 is 4.78. The van der Waals surface area contributed by atoms with Gasteiger partial charge in [0.1, 0.15) is 0 Å². The molecule has 0 spiro atoms. The van der Waals surface area contributed by atoms with Crippen LogP contribution in [0.3, 0.4) is 0 Å². The summed E-state index contributed by atoms with van der Waals surface area (Å²) in [5.74, 6) is 0. The number of hydrogen-bond acceptors (Lipinski definition) is 4. The largest absolute Gasteiger partial charge is 0.496 e. The second-order valence-corrected chi connectivity index (χ2v) is 4.14. The first-order valence-electron chi connectivity index (χ1n) is 4.19. The minimum Gasteiger partial charge on any atom is -0.407 e. The quantitative estimate of drug-likeness (QED) is 0.408. The van der Waals surface area contributed by atoms with E-state index in [4.69, 9.17) is 27.3 Å². The first kappa shape index (κ1) is 10.7. The predicted octanol–water partition coefficient (Wildman–Crippen LogP) is 0.929. The fraction of sp³-hybridized carbons (Fsp3) is 0.625. The Morgan fingerprint density at radius 1 is 1.46 bits per heavy atom. The van der Waals surface area contributed by atoms with Crippen LogP contribution in [0.15, 0.2) is 11.7 Å². The number of hydrogen-bond donors (Lipinski definition) is 1. The van der Waals surface area contributed by atoms with Crippen molar-refractivity contribution in [2.24, 2.45) is 11.1 Å². The van der Waals surface area contributed by atoms with E-state index in [1.807, 2.05) is 0 Å². The molecule has 1 fully saturated rings. The smallest absolute Gasteiger partial charge is 0.407 e. The van der Waals surface area contributed by atoms with Gasteiger partial charge in [0.15, 0.2) is 0 Å². The molecule has 0 bridgehead atoms. The molecule has 3 nitrogen and oxygen atoms in total. The Bertz CT molecular complexity index is 220. The zero-order chi connectivity index (χ0) is 9.90. The van der Waals surface area contributed by atoms with Gasteiger partial charge in [0.25, 0.3) is 0 Å². The molecule has 1 rings (SSSR count). The Morgan fingerprint density at radius 2 is 2.00 bits per heavy atom. The van der Waals surface area contributed by atoms with Crippen LogP contribution in [0.25, 0.3) is 0 Å². The van der Waals surface area contributed by atoms with Crippen LogP contribution in [0.4, 0.5) is 0 Å². The van der Waals surface area contributed by atoms with Crippen LogP contribution in [0.2, 0.25) is 0 Å². The van der Waals surface area contributed by atoms with Crippen molar-refractivity contribution in [3.8, 4) is 0 Å². The Kier molecular flexibility index (Phi) is 3.47. The predicted molar refractivity (Wildman–Crippen MR) is 57.4 cm³/mol. The van der Waals surface area contributed by atoms with Gasteiger partial charge in [-0.05, 0) is 6.20 Å². The summed E-state index contributed by atoms with van der Waals surface area (Å²) in [6, 6.07) is 0. The Morgan fingerprint density at radius 3 is 2.38 bits per heavy atom. The molecule has 0 aromatic rings. The summed E-state index contributed by atoms with van der Waals surface area (Å²) < 4.78 is 10.9. The molecule has 72 valence electrons. The second-order valence-electron chi connectivity index (χ2n) is 3.90. The molecule has 13 heavy (non-hydrogen) atoms. The van der Waals surface area contributed by atoms with Gasteiger partial charge >= 0.3 is 7.12 Å². The fourth-order valence-corrected chi connectivity index (χ4v) is 1.25. The first-order chi connectivity index (χ1) is 6.09. The highest BCUT2D eigenvalue weighted by Crippen LogP contribution is 2.23. The first-order valence-corrected chi connectivity index (χ1v) is 4.66. The van der Waals surface area contributed by atoms with Gasteiger partial charge in [-0.2, -0.15) is 0 Å². The van der Waals surface area contributed by atoms with Crippen LogP contribution in [0, 0.1) is 5.41 Å². The molecule has 2 N–H and O–H groups in total. The van der Waals surface area contributed by atoms with Crippen LogP contribution in [0.5, 0.6) is 0 Å². The van der Waals surface area contributed by atoms with Gasteiger partial charge in [-0.3, -0.25) is 0 Å². The molecule has 0 aliphatic carbocycles. The lowest BCUT2D eigenvalue weighted by Gasteiger charge is -2.33. The van der Waals surface area contributed by atoms with Crippen molar-refractivity contribution in [1.82, 2.24) is 0 Å². The maximum atomic E-state index is 5.47. The lowest BCUT2D eigenvalue weighted by Crippen LogP contribution is -2.42. The molecule has 0 amide bonds. The molecule has 1 aliphatic heterocycles. The van der Waals surface area contributed by atoms with Crippen molar-refractivity contribution < 1.29 is 9.31 Å². The normalized spacial score (nSPS) is 22.9. The summed E-state index contributed by atoms with van der Waals surface area (Å²) in [5, 5.41) is 1.49. The zero-order valence-corrected chi connectivity index (χ0v) is 8.76. The summed E-state index contributed by atoms with van der Waals surface area (Å²) in [4.78, 5) is 0. The van der Waals surface area contributed by atoms with Gasteiger partial charge < -0.3 is 15.0 Å². The van der Waals surface area contributed by atoms with Crippen LogP contribution in [0.1, 0.15) is 13.8 Å². The average Bonchev–Trinajstić information content (AvgIpc) is 2.09. The van der Waals surface area contributed by atoms with Gasteiger partial charge in [-0.1, -0.05) is 26.1 Å². The van der Waals surface area contributed by atoms with Gasteiger partial charge in [0.05, 0.1) is 0 Å². The van der Waals surface area contributed by atoms with Crippen molar-refractivity contribution in [3.05, 3.63) is 11.7 Å². The molecule has 5 heteroatoms. The van der Waals surface area contributed by atoms with E-state index in [1.54, 1.807) is 0 Å². The van der Waals surface area contributed by atoms with E-state index >= 15 is 0 Å². The molecule has 0 saturated carbocycles. The maximum Gasteiger partial charge on any atom is 0.496 e. The highest BCUT2D eigenvalue weighted by atomic mass is 32.1. The molecular weight excluding hydrogens is 185 g/mol. The van der Waals surface area contributed by atoms with Crippen molar-refractivity contribution in [2.75, 3.05) is 13.2 Å². The number of thiocarbonyl (C=S) groups is 1. The molecule has 0 unspecified atom stereocenters. The van der Waals surface area contributed by atoms with Gasteiger partial charge in [-0.25, -0.2) is 0 Å². The number of rotatable bonds is 2. The van der Waals surface area contributed by atoms with E-state index in [2.05, 4.69) is 13.8 Å². The standard InChI is InChI=1S/C8H14BNO2S/c1-8(2)5-11-9(12-6-8)7(3-10)4-13/h3-4H,5-6,10H2,1-2H3/b7-3+. The third kappa shape index (κ3) is 2.79. The lowest BCUT2D eigenvalue weighted by atomic mass is 9.76. The topological polar surface area (TPSA) is 44.5 Å². The SMILES string of the molecule is CC1(C)COB(/C(C=S)=C/N)OC1. The third-order valence-corrected chi connectivity index (χ3v) is 2.12. The van der Waals surface area contributed by atoms with Crippen molar-refractivity contribution in [1.29, 1.82) is 0 Å². The molecule has 0 atom stereocenters. The molecular formula is C8H14BNO2S. The van der Waals surface area contributed by atoms with E-state index in [0.29, 0.717) is 18.7 Å². The Balaban J connectivity index is 2.54. The summed E-state index contributed by atoms with van der Waals surface area (Å²) in [5.41, 5.74) is 6.16. The zero-order valence-electron chi connectivity index (χ0n) is 7.95. The van der Waals surface area contributed by atoms with E-state index < -0.39 is 0 Å². The third-order valence-electron chi connectivity index (χ3n) is 1.85. The van der Waals surface area contributed by atoms with Crippen LogP contribution in [-0.4, -0.2) is 25.7 Å². The van der Waals surface area contributed by atoms with Crippen LogP contribution in [-0.2, 0) is 9.31 Å². The summed E-state index contributed by atoms with van der Waals surface area (Å²) in [6.45, 7) is 5.51. The Labute approximate surface area is 84.4 Å². The second kappa shape index (κ2) is 4.22. The van der Waals surface area contributed by atoms with Gasteiger partial charge in [0.2, 0.25) is 0 Å². The van der Waals surface area contributed by atoms with Crippen LogP contribution >= 0.6 is 12.2 Å². The van der Waals surface area contributed by atoms with Crippen molar-refractivity contribution in [3.63, 3.8) is 0 Å². The molecule has 0 radical (unpaired) electrons. The lowest BCUT2D eigenvalue weighted by molar-refractivity contribution is 0.0329. The minimum atomic E-state index is -0.379. The van der Waals surface area contributed by atoms with Gasteiger partial charge in [-0.15, -0.1) is 0 Å². The maximum absolute atomic E-state index is 5.47. The summed E-state index contributed by atoms with van der Waals surface area (Å²) in [6.07, 6.45) is 1.43. The van der Waals surface area contributed by atoms with Gasteiger partial charge in [0, 0.05) is 29.5 Å². The van der Waals surface area contributed by atoms with Crippen molar-refractivity contribution in [2.45, 2.75) is 13.8 Å². The fourth-order valence-electron chi connectivity index (χ4n) is 1.06. The highest BCUT2D eigenvalue weighted by molar-refractivity contribution is 7.79. The van der Waals surface area contributed by atoms with Crippen molar-refractivity contribution >= 4 is 24.7 Å². The number of allylic oxidation sites excluding steroid dienone is 1.